The number of para-hydroxylation sites is 1. The summed E-state index contributed by atoms with van der Waals surface area (Å²) in [7, 11) is 1.77. The average Bonchev–Trinajstić information content (AvgIpc) is 2.71. The van der Waals surface area contributed by atoms with Crippen LogP contribution in [0.5, 0.6) is 0 Å². The third-order valence-corrected chi connectivity index (χ3v) is 3.63. The summed E-state index contributed by atoms with van der Waals surface area (Å²) in [5, 5.41) is 0. The Kier molecular flexibility index (Phi) is 4.24. The molecule has 1 aromatic rings. The number of amides is 2. The van der Waals surface area contributed by atoms with Gasteiger partial charge in [0.05, 0.1) is 12.6 Å². The van der Waals surface area contributed by atoms with Crippen LogP contribution in [0.2, 0.25) is 0 Å². The number of carbonyl (C=O) groups excluding carboxylic acids is 2. The highest BCUT2D eigenvalue weighted by molar-refractivity contribution is 5.85. The maximum Gasteiger partial charge on any atom is 0.239 e. The molecule has 1 aromatic carbocycles. The lowest BCUT2D eigenvalue weighted by Gasteiger charge is -2.26. The van der Waals surface area contributed by atoms with Crippen molar-refractivity contribution >= 4 is 17.5 Å². The minimum Gasteiger partial charge on any atom is -0.398 e. The number of rotatable bonds is 5. The fourth-order valence-corrected chi connectivity index (χ4v) is 2.52. The van der Waals surface area contributed by atoms with E-state index in [-0.39, 0.29) is 18.5 Å². The van der Waals surface area contributed by atoms with Crippen molar-refractivity contribution < 1.29 is 9.59 Å². The summed E-state index contributed by atoms with van der Waals surface area (Å²) in [5.41, 5.74) is 12.8. The van der Waals surface area contributed by atoms with Crippen molar-refractivity contribution in [1.82, 2.24) is 9.80 Å². The molecule has 1 saturated heterocycles. The predicted molar refractivity (Wildman–Crippen MR) is 76.5 cm³/mol. The summed E-state index contributed by atoms with van der Waals surface area (Å²) >= 11 is 0. The number of likely N-dealkylation sites (N-methyl/N-ethyl adjacent to an activating group) is 1. The van der Waals surface area contributed by atoms with Crippen LogP contribution in [-0.2, 0) is 16.1 Å². The Balaban J connectivity index is 2.18. The van der Waals surface area contributed by atoms with Crippen molar-refractivity contribution in [3.8, 4) is 0 Å². The topological polar surface area (TPSA) is 92.7 Å². The summed E-state index contributed by atoms with van der Waals surface area (Å²) in [4.78, 5) is 26.8. The first-order chi connectivity index (χ1) is 9.49. The second-order valence-corrected chi connectivity index (χ2v) is 5.13. The Morgan fingerprint density at radius 1 is 1.45 bits per heavy atom. The smallest absolute Gasteiger partial charge is 0.239 e. The molecule has 0 bridgehead atoms. The molecule has 0 spiro atoms. The van der Waals surface area contributed by atoms with E-state index in [2.05, 4.69) is 0 Å². The standard InChI is InChI=1S/C14H20N4O2/c1-17-7-6-12(14(17)20)18(9-13(16)19)8-10-4-2-3-5-11(10)15/h2-5,12H,6-9,15H2,1H3,(H2,16,19). The second-order valence-electron chi connectivity index (χ2n) is 5.13. The van der Waals surface area contributed by atoms with E-state index in [1.165, 1.54) is 0 Å². The zero-order valence-electron chi connectivity index (χ0n) is 11.6. The molecule has 6 nitrogen and oxygen atoms in total. The first-order valence-electron chi connectivity index (χ1n) is 6.59. The van der Waals surface area contributed by atoms with E-state index in [1.807, 2.05) is 18.2 Å². The van der Waals surface area contributed by atoms with Crippen LogP contribution in [0.1, 0.15) is 12.0 Å². The van der Waals surface area contributed by atoms with E-state index in [1.54, 1.807) is 22.9 Å². The van der Waals surface area contributed by atoms with Crippen LogP contribution in [-0.4, -0.2) is 47.8 Å². The van der Waals surface area contributed by atoms with Gasteiger partial charge in [0.1, 0.15) is 0 Å². The number of carbonyl (C=O) groups is 2. The van der Waals surface area contributed by atoms with Crippen LogP contribution in [0.3, 0.4) is 0 Å². The Hall–Kier alpha value is -2.08. The second kappa shape index (κ2) is 5.92. The number of primary amides is 1. The van der Waals surface area contributed by atoms with Gasteiger partial charge < -0.3 is 16.4 Å². The maximum absolute atomic E-state index is 12.1. The zero-order chi connectivity index (χ0) is 14.7. The van der Waals surface area contributed by atoms with E-state index in [4.69, 9.17) is 11.5 Å². The van der Waals surface area contributed by atoms with E-state index >= 15 is 0 Å². The Morgan fingerprint density at radius 3 is 2.70 bits per heavy atom. The van der Waals surface area contributed by atoms with Gasteiger partial charge in [-0.25, -0.2) is 0 Å². The molecular formula is C14H20N4O2. The highest BCUT2D eigenvalue weighted by Crippen LogP contribution is 2.20. The lowest BCUT2D eigenvalue weighted by atomic mass is 10.1. The molecule has 0 aromatic heterocycles. The number of nitrogens with zero attached hydrogens (tertiary/aromatic N) is 2. The molecule has 1 heterocycles. The van der Waals surface area contributed by atoms with Crippen molar-refractivity contribution in [3.63, 3.8) is 0 Å². The van der Waals surface area contributed by atoms with Crippen molar-refractivity contribution in [2.24, 2.45) is 5.73 Å². The first-order valence-corrected chi connectivity index (χ1v) is 6.59. The molecule has 1 aliphatic rings. The van der Waals surface area contributed by atoms with Gasteiger partial charge in [0.2, 0.25) is 11.8 Å². The monoisotopic (exact) mass is 276 g/mol. The number of nitrogens with two attached hydrogens (primary N) is 2. The minimum atomic E-state index is -0.443. The molecular weight excluding hydrogens is 256 g/mol. The van der Waals surface area contributed by atoms with Gasteiger partial charge in [0.15, 0.2) is 0 Å². The summed E-state index contributed by atoms with van der Waals surface area (Å²) in [6, 6.07) is 7.14. The van der Waals surface area contributed by atoms with Crippen LogP contribution in [0.4, 0.5) is 5.69 Å². The number of likely N-dealkylation sites (tertiary alicyclic amines) is 1. The van der Waals surface area contributed by atoms with Crippen LogP contribution in [0.15, 0.2) is 24.3 Å². The number of benzene rings is 1. The van der Waals surface area contributed by atoms with Gasteiger partial charge >= 0.3 is 0 Å². The number of hydrogen-bond donors (Lipinski definition) is 2. The molecule has 1 unspecified atom stereocenters. The number of anilines is 1. The predicted octanol–water partition coefficient (Wildman–Crippen LogP) is -0.213. The molecule has 2 amide bonds. The minimum absolute atomic E-state index is 0.0285. The fourth-order valence-electron chi connectivity index (χ4n) is 2.52. The summed E-state index contributed by atoms with van der Waals surface area (Å²) in [5.74, 6) is -0.414. The molecule has 1 fully saturated rings. The van der Waals surface area contributed by atoms with Crippen LogP contribution >= 0.6 is 0 Å². The Morgan fingerprint density at radius 2 is 2.15 bits per heavy atom. The largest absolute Gasteiger partial charge is 0.398 e. The molecule has 1 atom stereocenters. The fraction of sp³-hybridized carbons (Fsp3) is 0.429. The van der Waals surface area contributed by atoms with Crippen molar-refractivity contribution in [2.45, 2.75) is 19.0 Å². The first kappa shape index (κ1) is 14.3. The van der Waals surface area contributed by atoms with Crippen LogP contribution < -0.4 is 11.5 Å². The van der Waals surface area contributed by atoms with Crippen molar-refractivity contribution in [3.05, 3.63) is 29.8 Å². The van der Waals surface area contributed by atoms with E-state index in [0.29, 0.717) is 25.2 Å². The van der Waals surface area contributed by atoms with Crippen molar-refractivity contribution in [2.75, 3.05) is 25.9 Å². The highest BCUT2D eigenvalue weighted by atomic mass is 16.2. The average molecular weight is 276 g/mol. The maximum atomic E-state index is 12.1. The highest BCUT2D eigenvalue weighted by Gasteiger charge is 2.34. The van der Waals surface area contributed by atoms with E-state index < -0.39 is 5.91 Å². The lowest BCUT2D eigenvalue weighted by Crippen LogP contribution is -2.44. The molecule has 0 aliphatic carbocycles. The number of hydrogen-bond acceptors (Lipinski definition) is 4. The molecule has 20 heavy (non-hydrogen) atoms. The third-order valence-electron chi connectivity index (χ3n) is 3.63. The van der Waals surface area contributed by atoms with Gasteiger partial charge in [-0.15, -0.1) is 0 Å². The molecule has 108 valence electrons. The summed E-state index contributed by atoms with van der Waals surface area (Å²) < 4.78 is 0. The third kappa shape index (κ3) is 3.08. The van der Waals surface area contributed by atoms with Gasteiger partial charge in [-0.05, 0) is 18.1 Å². The number of nitrogen functional groups attached to an aromatic ring is 1. The Labute approximate surface area is 118 Å². The molecule has 2 rings (SSSR count). The van der Waals surface area contributed by atoms with Gasteiger partial charge in [0.25, 0.3) is 0 Å². The Bertz CT molecular complexity index is 518. The lowest BCUT2D eigenvalue weighted by molar-refractivity contribution is -0.132. The van der Waals surface area contributed by atoms with E-state index in [0.717, 1.165) is 5.56 Å². The summed E-state index contributed by atoms with van der Waals surface area (Å²) in [6.07, 6.45) is 0.704. The SMILES string of the molecule is CN1CCC(N(CC(N)=O)Cc2ccccc2N)C1=O. The van der Waals surface area contributed by atoms with Gasteiger partial charge in [0, 0.05) is 25.8 Å². The van der Waals surface area contributed by atoms with Gasteiger partial charge in [-0.3, -0.25) is 14.5 Å². The molecule has 1 aliphatic heterocycles. The molecule has 0 saturated carbocycles. The molecule has 4 N–H and O–H groups in total. The summed E-state index contributed by atoms with van der Waals surface area (Å²) in [6.45, 7) is 1.20. The molecule has 6 heteroatoms. The van der Waals surface area contributed by atoms with Gasteiger partial charge in [-0.2, -0.15) is 0 Å². The quantitative estimate of drug-likeness (QED) is 0.728. The zero-order valence-corrected chi connectivity index (χ0v) is 11.6. The van der Waals surface area contributed by atoms with E-state index in [9.17, 15) is 9.59 Å². The van der Waals surface area contributed by atoms with Crippen molar-refractivity contribution in [1.29, 1.82) is 0 Å². The normalized spacial score (nSPS) is 18.8. The van der Waals surface area contributed by atoms with Crippen LogP contribution in [0.25, 0.3) is 0 Å². The van der Waals surface area contributed by atoms with Crippen LogP contribution in [0, 0.1) is 0 Å². The molecule has 0 radical (unpaired) electrons. The van der Waals surface area contributed by atoms with Gasteiger partial charge in [-0.1, -0.05) is 18.2 Å².